The third kappa shape index (κ3) is 2.01. The van der Waals surface area contributed by atoms with Crippen LogP contribution in [0.5, 0.6) is 0 Å². The van der Waals surface area contributed by atoms with Gasteiger partial charge in [0.05, 0.1) is 11.7 Å². The molecule has 0 saturated heterocycles. The lowest BCUT2D eigenvalue weighted by Gasteiger charge is -2.04. The minimum atomic E-state index is -0.121. The third-order valence-electron chi connectivity index (χ3n) is 2.84. The summed E-state index contributed by atoms with van der Waals surface area (Å²) in [6.07, 6.45) is 3.23. The van der Waals surface area contributed by atoms with E-state index in [1.54, 1.807) is 16.8 Å². The van der Waals surface area contributed by atoms with Crippen LogP contribution in [0.15, 0.2) is 36.7 Å². The maximum absolute atomic E-state index is 12.2. The number of hydrogen-bond acceptors (Lipinski definition) is 5. The van der Waals surface area contributed by atoms with E-state index in [9.17, 15) is 4.79 Å². The summed E-state index contributed by atoms with van der Waals surface area (Å²) in [5.41, 5.74) is 12.6. The molecule has 0 saturated carbocycles. The molecule has 0 unspecified atom stereocenters. The number of nitrogens with two attached hydrogens (primary N) is 2. The van der Waals surface area contributed by atoms with Crippen LogP contribution in [0, 0.1) is 0 Å². The fourth-order valence-electron chi connectivity index (χ4n) is 1.98. The van der Waals surface area contributed by atoms with Gasteiger partial charge in [0, 0.05) is 17.3 Å². The first-order valence-corrected chi connectivity index (χ1v) is 5.69. The van der Waals surface area contributed by atoms with Crippen LogP contribution >= 0.6 is 0 Å². The summed E-state index contributed by atoms with van der Waals surface area (Å²) in [5, 5.41) is 8.31. The van der Waals surface area contributed by atoms with Crippen molar-refractivity contribution < 1.29 is 4.79 Å². The number of fused-ring (bicyclic) bond motifs is 1. The van der Waals surface area contributed by atoms with Gasteiger partial charge in [0.25, 0.3) is 5.91 Å². The zero-order valence-corrected chi connectivity index (χ0v) is 10.0. The van der Waals surface area contributed by atoms with E-state index in [0.29, 0.717) is 5.69 Å². The Hall–Kier alpha value is -2.83. The molecular formula is C12H12N6O. The first-order valence-electron chi connectivity index (χ1n) is 5.69. The molecular weight excluding hydrogens is 244 g/mol. The summed E-state index contributed by atoms with van der Waals surface area (Å²) < 4.78 is 2.97. The Morgan fingerprint density at radius 3 is 2.84 bits per heavy atom. The Balaban J connectivity index is 1.93. The van der Waals surface area contributed by atoms with Gasteiger partial charge in [-0.25, -0.2) is 4.68 Å². The SMILES string of the molecule is Nc1ccc2c(ccn2C(=O)Cn2cc(N)nn2)c1. The Labute approximate surface area is 108 Å². The molecule has 0 spiro atoms. The number of rotatable bonds is 2. The van der Waals surface area contributed by atoms with Crippen LogP contribution < -0.4 is 11.5 Å². The van der Waals surface area contributed by atoms with Gasteiger partial charge in [0.15, 0.2) is 5.82 Å². The standard InChI is InChI=1S/C12H12N6O/c13-9-1-2-10-8(5-9)3-4-18(10)12(19)7-17-6-11(14)15-16-17/h1-6H,7,13-14H2. The smallest absolute Gasteiger partial charge is 0.252 e. The van der Waals surface area contributed by atoms with E-state index < -0.39 is 0 Å². The van der Waals surface area contributed by atoms with Crippen molar-refractivity contribution in [3.8, 4) is 0 Å². The summed E-state index contributed by atoms with van der Waals surface area (Å²) in [4.78, 5) is 12.2. The van der Waals surface area contributed by atoms with Gasteiger partial charge < -0.3 is 11.5 Å². The van der Waals surface area contributed by atoms with Gasteiger partial charge in [-0.1, -0.05) is 5.21 Å². The highest BCUT2D eigenvalue weighted by Gasteiger charge is 2.10. The monoisotopic (exact) mass is 256 g/mol. The van der Waals surface area contributed by atoms with Crippen molar-refractivity contribution in [1.82, 2.24) is 19.6 Å². The average Bonchev–Trinajstić information content (AvgIpc) is 2.95. The quantitative estimate of drug-likeness (QED) is 0.658. The molecule has 0 bridgehead atoms. The molecule has 96 valence electrons. The summed E-state index contributed by atoms with van der Waals surface area (Å²) in [6.45, 7) is 0.0817. The Bertz CT molecular complexity index is 757. The molecule has 1 aromatic carbocycles. The summed E-state index contributed by atoms with van der Waals surface area (Å²) in [5.74, 6) is 0.169. The van der Waals surface area contributed by atoms with Crippen LogP contribution in [-0.4, -0.2) is 25.5 Å². The highest BCUT2D eigenvalue weighted by Crippen LogP contribution is 2.18. The average molecular weight is 256 g/mol. The molecule has 7 nitrogen and oxygen atoms in total. The number of carbonyl (C=O) groups excluding carboxylic acids is 1. The zero-order chi connectivity index (χ0) is 13.4. The van der Waals surface area contributed by atoms with Gasteiger partial charge in [-0.2, -0.15) is 0 Å². The van der Waals surface area contributed by atoms with Crippen molar-refractivity contribution in [3.05, 3.63) is 36.7 Å². The van der Waals surface area contributed by atoms with E-state index >= 15 is 0 Å². The van der Waals surface area contributed by atoms with E-state index in [4.69, 9.17) is 11.5 Å². The molecule has 0 aliphatic heterocycles. The Kier molecular flexibility index (Phi) is 2.45. The van der Waals surface area contributed by atoms with E-state index in [2.05, 4.69) is 10.3 Å². The first-order chi connectivity index (χ1) is 9.13. The van der Waals surface area contributed by atoms with Crippen LogP contribution in [0.4, 0.5) is 11.5 Å². The van der Waals surface area contributed by atoms with E-state index in [1.165, 1.54) is 10.9 Å². The molecule has 7 heteroatoms. The summed E-state index contributed by atoms with van der Waals surface area (Å²) in [6, 6.07) is 7.25. The number of nitrogen functional groups attached to an aromatic ring is 2. The van der Waals surface area contributed by atoms with Crippen molar-refractivity contribution in [2.75, 3.05) is 11.5 Å². The van der Waals surface area contributed by atoms with Crippen molar-refractivity contribution in [2.45, 2.75) is 6.54 Å². The lowest BCUT2D eigenvalue weighted by atomic mass is 10.2. The second-order valence-corrected chi connectivity index (χ2v) is 4.24. The Morgan fingerprint density at radius 2 is 2.11 bits per heavy atom. The van der Waals surface area contributed by atoms with Gasteiger partial charge in [-0.15, -0.1) is 5.10 Å². The normalized spacial score (nSPS) is 10.9. The van der Waals surface area contributed by atoms with Crippen molar-refractivity contribution in [1.29, 1.82) is 0 Å². The zero-order valence-electron chi connectivity index (χ0n) is 10.0. The number of anilines is 2. The molecule has 0 aliphatic carbocycles. The molecule has 2 aromatic heterocycles. The fraction of sp³-hybridized carbons (Fsp3) is 0.0833. The molecule has 0 amide bonds. The predicted molar refractivity (Wildman–Crippen MR) is 71.4 cm³/mol. The van der Waals surface area contributed by atoms with Crippen molar-refractivity contribution in [3.63, 3.8) is 0 Å². The third-order valence-corrected chi connectivity index (χ3v) is 2.84. The number of carbonyl (C=O) groups is 1. The topological polar surface area (TPSA) is 105 Å². The number of aromatic nitrogens is 4. The van der Waals surface area contributed by atoms with Gasteiger partial charge >= 0.3 is 0 Å². The predicted octanol–water partition coefficient (Wildman–Crippen LogP) is 0.738. The lowest BCUT2D eigenvalue weighted by molar-refractivity contribution is 0.0891. The molecule has 0 atom stereocenters. The van der Waals surface area contributed by atoms with Gasteiger partial charge in [0.1, 0.15) is 6.54 Å². The van der Waals surface area contributed by atoms with Gasteiger partial charge in [-0.3, -0.25) is 9.36 Å². The summed E-state index contributed by atoms with van der Waals surface area (Å²) in [7, 11) is 0. The molecule has 2 heterocycles. The van der Waals surface area contributed by atoms with Crippen LogP contribution in [-0.2, 0) is 6.54 Å². The molecule has 3 aromatic rings. The number of benzene rings is 1. The van der Waals surface area contributed by atoms with Crippen molar-refractivity contribution >= 4 is 28.3 Å². The molecule has 3 rings (SSSR count). The second kappa shape index (κ2) is 4.13. The molecule has 0 fully saturated rings. The number of nitrogens with zero attached hydrogens (tertiary/aromatic N) is 4. The largest absolute Gasteiger partial charge is 0.399 e. The van der Waals surface area contributed by atoms with E-state index in [0.717, 1.165) is 10.9 Å². The fourth-order valence-corrected chi connectivity index (χ4v) is 1.98. The highest BCUT2D eigenvalue weighted by atomic mass is 16.2. The molecule has 19 heavy (non-hydrogen) atoms. The number of hydrogen-bond donors (Lipinski definition) is 2. The van der Waals surface area contributed by atoms with Crippen LogP contribution in [0.3, 0.4) is 0 Å². The molecule has 0 aliphatic rings. The second-order valence-electron chi connectivity index (χ2n) is 4.24. The summed E-state index contributed by atoms with van der Waals surface area (Å²) >= 11 is 0. The lowest BCUT2D eigenvalue weighted by Crippen LogP contribution is -2.17. The molecule has 4 N–H and O–H groups in total. The van der Waals surface area contributed by atoms with Crippen LogP contribution in [0.25, 0.3) is 10.9 Å². The van der Waals surface area contributed by atoms with E-state index in [1.807, 2.05) is 18.2 Å². The Morgan fingerprint density at radius 1 is 1.26 bits per heavy atom. The van der Waals surface area contributed by atoms with Crippen LogP contribution in [0.2, 0.25) is 0 Å². The minimum Gasteiger partial charge on any atom is -0.399 e. The van der Waals surface area contributed by atoms with E-state index in [-0.39, 0.29) is 18.3 Å². The van der Waals surface area contributed by atoms with Crippen molar-refractivity contribution in [2.24, 2.45) is 0 Å². The molecule has 0 radical (unpaired) electrons. The minimum absolute atomic E-state index is 0.0817. The highest BCUT2D eigenvalue weighted by molar-refractivity contribution is 5.93. The maximum atomic E-state index is 12.2. The maximum Gasteiger partial charge on any atom is 0.252 e. The van der Waals surface area contributed by atoms with Gasteiger partial charge in [-0.05, 0) is 24.3 Å². The first kappa shape index (κ1) is 11.3. The van der Waals surface area contributed by atoms with Gasteiger partial charge in [0.2, 0.25) is 0 Å². The van der Waals surface area contributed by atoms with Crippen LogP contribution in [0.1, 0.15) is 4.79 Å².